The summed E-state index contributed by atoms with van der Waals surface area (Å²) in [5, 5.41) is 39.2. The summed E-state index contributed by atoms with van der Waals surface area (Å²) >= 11 is 0. The molecule has 12 nitrogen and oxygen atoms in total. The third kappa shape index (κ3) is 6.29. The number of H-pyrrole nitrogens is 1. The molecule has 0 aliphatic carbocycles. The number of nitro groups is 1. The highest BCUT2D eigenvalue weighted by Gasteiger charge is 2.72. The van der Waals surface area contributed by atoms with Gasteiger partial charge in [-0.1, -0.05) is 88.5 Å². The van der Waals surface area contributed by atoms with E-state index in [2.05, 4.69) is 4.98 Å². The number of rotatable bonds is 12. The van der Waals surface area contributed by atoms with E-state index in [-0.39, 0.29) is 12.0 Å². The molecule has 0 radical (unpaired) electrons. The molecule has 5 rings (SSSR count). The number of aryl methyl sites for hydroxylation is 1. The van der Waals surface area contributed by atoms with Crippen molar-refractivity contribution in [2.75, 3.05) is 20.8 Å². The van der Waals surface area contributed by atoms with Gasteiger partial charge < -0.3 is 24.4 Å². The molecule has 52 heavy (non-hydrogen) atoms. The van der Waals surface area contributed by atoms with Crippen LogP contribution < -0.4 is 20.7 Å². The zero-order valence-corrected chi connectivity index (χ0v) is 32.1. The van der Waals surface area contributed by atoms with Gasteiger partial charge in [-0.25, -0.2) is 4.79 Å². The summed E-state index contributed by atoms with van der Waals surface area (Å²) in [7, 11) is 0.903. The summed E-state index contributed by atoms with van der Waals surface area (Å²) < 4.78 is 19.3. The molecule has 0 amide bonds. The number of aliphatic hydroxyl groups excluding tert-OH is 1. The SMILES string of the molecule is COc1ccc(C(c2ccccc2)(c2ccc(OC)cc2)C(O)[C@H]2O[C@@](CC[N+](=O)[O-])(n3cc(C)c(=O)[nH]c3=O)C([SiH](C)C)[C@@]2(O)C(C)(C)C)cc1. The van der Waals surface area contributed by atoms with Crippen molar-refractivity contribution in [3.05, 3.63) is 138 Å². The zero-order chi connectivity index (χ0) is 38.2. The van der Waals surface area contributed by atoms with Gasteiger partial charge in [-0.2, -0.15) is 0 Å². The summed E-state index contributed by atoms with van der Waals surface area (Å²) in [5.41, 5.74) is -6.30. The third-order valence-corrected chi connectivity index (χ3v) is 13.2. The number of aliphatic hydroxyl groups is 2. The zero-order valence-electron chi connectivity index (χ0n) is 31.0. The first-order valence-electron chi connectivity index (χ1n) is 17.4. The topological polar surface area (TPSA) is 166 Å². The lowest BCUT2D eigenvalue weighted by Crippen LogP contribution is -2.63. The maximum atomic E-state index is 13.8. The van der Waals surface area contributed by atoms with E-state index in [4.69, 9.17) is 14.2 Å². The number of nitrogens with one attached hydrogen (secondary N) is 1. The fourth-order valence-electron chi connectivity index (χ4n) is 8.42. The van der Waals surface area contributed by atoms with Gasteiger partial charge in [0.15, 0.2) is 5.72 Å². The van der Waals surface area contributed by atoms with Crippen molar-refractivity contribution in [3.8, 4) is 11.5 Å². The van der Waals surface area contributed by atoms with Crippen molar-refractivity contribution in [2.45, 2.75) is 81.7 Å². The van der Waals surface area contributed by atoms with E-state index in [9.17, 15) is 29.9 Å². The second-order valence-electron chi connectivity index (χ2n) is 15.0. The molecule has 1 saturated heterocycles. The van der Waals surface area contributed by atoms with E-state index in [1.54, 1.807) is 38.5 Å². The molecule has 1 aliphatic heterocycles. The third-order valence-electron chi connectivity index (χ3n) is 10.8. The Morgan fingerprint density at radius 1 is 0.942 bits per heavy atom. The van der Waals surface area contributed by atoms with Crippen LogP contribution in [0, 0.1) is 22.5 Å². The molecular formula is C39H49N3O9Si. The minimum Gasteiger partial charge on any atom is -0.497 e. The summed E-state index contributed by atoms with van der Waals surface area (Å²) in [4.78, 5) is 40.4. The lowest BCUT2D eigenvalue weighted by atomic mass is 9.60. The molecule has 0 bridgehead atoms. The van der Waals surface area contributed by atoms with Crippen LogP contribution >= 0.6 is 0 Å². The molecular weight excluding hydrogens is 683 g/mol. The second kappa shape index (κ2) is 14.5. The van der Waals surface area contributed by atoms with Gasteiger partial charge >= 0.3 is 5.69 Å². The minimum atomic E-state index is -2.22. The molecule has 0 spiro atoms. The van der Waals surface area contributed by atoms with Crippen LogP contribution in [0.1, 0.15) is 49.4 Å². The highest BCUT2D eigenvalue weighted by Crippen LogP contribution is 2.62. The summed E-state index contributed by atoms with van der Waals surface area (Å²) in [6.45, 7) is 10.4. The number of nitrogens with zero attached hydrogens (tertiary/aromatic N) is 2. The maximum absolute atomic E-state index is 13.8. The van der Waals surface area contributed by atoms with Gasteiger partial charge in [0, 0.05) is 31.0 Å². The largest absolute Gasteiger partial charge is 0.497 e. The molecule has 1 aromatic heterocycles. The average molecular weight is 732 g/mol. The first kappa shape index (κ1) is 38.7. The summed E-state index contributed by atoms with van der Waals surface area (Å²) in [6, 6.07) is 24.0. The highest BCUT2D eigenvalue weighted by atomic mass is 28.3. The van der Waals surface area contributed by atoms with Crippen LogP contribution in [0.4, 0.5) is 0 Å². The number of ether oxygens (including phenoxy) is 3. The summed E-state index contributed by atoms with van der Waals surface area (Å²) in [6.07, 6.45) is -1.98. The van der Waals surface area contributed by atoms with E-state index in [0.29, 0.717) is 28.2 Å². The van der Waals surface area contributed by atoms with Crippen molar-refractivity contribution >= 4 is 8.80 Å². The fourth-order valence-corrected chi connectivity index (χ4v) is 11.6. The number of benzene rings is 3. The van der Waals surface area contributed by atoms with Crippen LogP contribution in [-0.4, -0.2) is 72.1 Å². The van der Waals surface area contributed by atoms with Crippen molar-refractivity contribution < 1.29 is 29.3 Å². The second-order valence-corrected chi connectivity index (χ2v) is 18.2. The Bertz CT molecular complexity index is 1940. The molecule has 0 saturated carbocycles. The fraction of sp³-hybridized carbons (Fsp3) is 0.436. The van der Waals surface area contributed by atoms with E-state index < -0.39 is 71.4 Å². The Labute approximate surface area is 304 Å². The van der Waals surface area contributed by atoms with Gasteiger partial charge in [0.25, 0.3) is 5.56 Å². The van der Waals surface area contributed by atoms with Gasteiger partial charge in [-0.05, 0) is 53.3 Å². The van der Waals surface area contributed by atoms with Gasteiger partial charge in [0.05, 0.1) is 26.1 Å². The predicted octanol–water partition coefficient (Wildman–Crippen LogP) is 4.61. The van der Waals surface area contributed by atoms with Crippen molar-refractivity contribution in [1.82, 2.24) is 9.55 Å². The van der Waals surface area contributed by atoms with Gasteiger partial charge in [-0.15, -0.1) is 0 Å². The molecule has 278 valence electrons. The Morgan fingerprint density at radius 2 is 1.44 bits per heavy atom. The number of methoxy groups -OCH3 is 2. The monoisotopic (exact) mass is 731 g/mol. The molecule has 2 heterocycles. The molecule has 3 N–H and O–H groups in total. The van der Waals surface area contributed by atoms with Crippen LogP contribution in [0.5, 0.6) is 11.5 Å². The van der Waals surface area contributed by atoms with Crippen LogP contribution in [0.2, 0.25) is 18.6 Å². The summed E-state index contributed by atoms with van der Waals surface area (Å²) in [5.74, 6) is 1.19. The van der Waals surface area contributed by atoms with Crippen molar-refractivity contribution in [1.29, 1.82) is 0 Å². The smallest absolute Gasteiger partial charge is 0.330 e. The minimum absolute atomic E-state index is 0.186. The standard InChI is InChI=1S/C39H49N3O9Si/c1-25-24-41(35(45)40-33(25)44)37(22-23-42(47)48)34(52(7)8)39(46,36(2,3)4)32(51-37)31(43)38(26-12-10-9-11-13-26,27-14-18-29(49-5)19-15-27)28-16-20-30(50-6)21-17-28/h9-21,24,31-32,34,43,46,52H,22-23H2,1-8H3,(H,40,44,45)/t31?,32-,34?,37-,39-/m1/s1. The molecule has 1 fully saturated rings. The van der Waals surface area contributed by atoms with Crippen LogP contribution in [0.25, 0.3) is 0 Å². The number of hydrogen-bond acceptors (Lipinski definition) is 9. The molecule has 1 aliphatic rings. The van der Waals surface area contributed by atoms with Gasteiger partial charge in [-0.3, -0.25) is 24.5 Å². The van der Waals surface area contributed by atoms with Gasteiger partial charge in [0.2, 0.25) is 6.54 Å². The quantitative estimate of drug-likeness (QED) is 0.0817. The normalized spacial score (nSPS) is 22.7. The Balaban J connectivity index is 1.93. The van der Waals surface area contributed by atoms with Crippen LogP contribution in [0.3, 0.4) is 0 Å². The molecule has 13 heteroatoms. The van der Waals surface area contributed by atoms with Crippen molar-refractivity contribution in [2.24, 2.45) is 5.41 Å². The van der Waals surface area contributed by atoms with E-state index in [1.165, 1.54) is 17.7 Å². The first-order valence-corrected chi connectivity index (χ1v) is 20.3. The maximum Gasteiger partial charge on any atom is 0.330 e. The predicted molar refractivity (Wildman–Crippen MR) is 201 cm³/mol. The first-order chi connectivity index (χ1) is 24.5. The van der Waals surface area contributed by atoms with Gasteiger partial charge in [0.1, 0.15) is 29.3 Å². The molecule has 2 unspecified atom stereocenters. The van der Waals surface area contributed by atoms with Crippen LogP contribution in [0.15, 0.2) is 94.6 Å². The number of hydrogen-bond donors (Lipinski definition) is 3. The molecule has 5 atom stereocenters. The number of aromatic amines is 1. The van der Waals surface area contributed by atoms with Crippen molar-refractivity contribution in [3.63, 3.8) is 0 Å². The lowest BCUT2D eigenvalue weighted by Gasteiger charge is -2.51. The molecule has 4 aromatic rings. The Hall–Kier alpha value is -4.56. The van der Waals surface area contributed by atoms with Crippen LogP contribution in [-0.2, 0) is 15.9 Å². The van der Waals surface area contributed by atoms with E-state index >= 15 is 0 Å². The lowest BCUT2D eigenvalue weighted by molar-refractivity contribution is -0.485. The Morgan fingerprint density at radius 3 is 1.88 bits per heavy atom. The van der Waals surface area contributed by atoms with E-state index in [1.807, 2.05) is 88.5 Å². The highest BCUT2D eigenvalue weighted by molar-refractivity contribution is 6.58. The Kier molecular flexibility index (Phi) is 10.7. The molecule has 3 aromatic carbocycles. The average Bonchev–Trinajstić information content (AvgIpc) is 3.40. The van der Waals surface area contributed by atoms with E-state index in [0.717, 1.165) is 0 Å². The number of aromatic nitrogens is 2.